The number of esters is 1. The molecule has 94 valence electrons. The lowest BCUT2D eigenvalue weighted by Gasteiger charge is -2.19. The Morgan fingerprint density at radius 1 is 1.39 bits per heavy atom. The van der Waals surface area contributed by atoms with E-state index in [1.54, 1.807) is 18.2 Å². The van der Waals surface area contributed by atoms with Crippen LogP contribution in [0.5, 0.6) is 0 Å². The number of anilines is 1. The molecule has 0 aliphatic carbocycles. The van der Waals surface area contributed by atoms with Crippen LogP contribution >= 0.6 is 15.9 Å². The highest BCUT2D eigenvalue weighted by Crippen LogP contribution is 2.33. The number of carbonyl (C=O) groups is 3. The van der Waals surface area contributed by atoms with Crippen LogP contribution in [0.3, 0.4) is 0 Å². The zero-order valence-corrected chi connectivity index (χ0v) is 11.2. The molecule has 1 fully saturated rings. The Bertz CT molecular complexity index is 541. The first kappa shape index (κ1) is 12.8. The number of halogens is 1. The van der Waals surface area contributed by atoms with Crippen molar-refractivity contribution in [3.8, 4) is 0 Å². The van der Waals surface area contributed by atoms with Gasteiger partial charge in [-0.25, -0.2) is 4.79 Å². The average Bonchev–Trinajstić information content (AvgIpc) is 2.67. The summed E-state index contributed by atoms with van der Waals surface area (Å²) in [6.07, 6.45) is -0.123. The van der Waals surface area contributed by atoms with E-state index in [2.05, 4.69) is 20.7 Å². The lowest BCUT2D eigenvalue weighted by atomic mass is 10.1. The number of methoxy groups -OCH3 is 1. The van der Waals surface area contributed by atoms with Gasteiger partial charge in [0.05, 0.1) is 31.3 Å². The number of para-hydroxylation sites is 1. The quantitative estimate of drug-likeness (QED) is 0.614. The Morgan fingerprint density at radius 2 is 2.11 bits per heavy atom. The summed E-state index contributed by atoms with van der Waals surface area (Å²) in [7, 11) is 1.27. The first-order chi connectivity index (χ1) is 8.54. The number of rotatable bonds is 2. The number of ketones is 1. The molecular weight excluding hydrogens is 302 g/mol. The number of carbonyl (C=O) groups excluding carboxylic acids is 3. The van der Waals surface area contributed by atoms with Crippen LogP contribution in [-0.4, -0.2) is 31.3 Å². The van der Waals surface area contributed by atoms with Crippen LogP contribution in [0.4, 0.5) is 5.69 Å². The van der Waals surface area contributed by atoms with Gasteiger partial charge in [-0.1, -0.05) is 6.07 Å². The third kappa shape index (κ3) is 2.15. The van der Waals surface area contributed by atoms with Crippen LogP contribution in [-0.2, 0) is 14.3 Å². The van der Waals surface area contributed by atoms with Gasteiger partial charge in [0.15, 0.2) is 5.78 Å². The summed E-state index contributed by atoms with van der Waals surface area (Å²) in [5.41, 5.74) is 0.648. The molecule has 1 aliphatic rings. The predicted octanol–water partition coefficient (Wildman–Crippen LogP) is 1.54. The molecule has 0 N–H and O–H groups in total. The molecule has 1 amide bonds. The molecule has 6 heteroatoms. The molecule has 18 heavy (non-hydrogen) atoms. The van der Waals surface area contributed by atoms with Crippen molar-refractivity contribution >= 4 is 39.3 Å². The van der Waals surface area contributed by atoms with Gasteiger partial charge in [-0.05, 0) is 28.1 Å². The average molecular weight is 312 g/mol. The van der Waals surface area contributed by atoms with Gasteiger partial charge in [0.1, 0.15) is 0 Å². The predicted molar refractivity (Wildman–Crippen MR) is 67.5 cm³/mol. The van der Waals surface area contributed by atoms with E-state index in [9.17, 15) is 14.4 Å². The second kappa shape index (κ2) is 4.89. The number of hydrogen-bond donors (Lipinski definition) is 0. The molecule has 5 nitrogen and oxygen atoms in total. The number of Topliss-reactive ketones (excluding diaryl/α,β-unsaturated/α-hetero) is 1. The number of amides is 1. The first-order valence-corrected chi connectivity index (χ1v) is 6.02. The molecule has 0 bridgehead atoms. The van der Waals surface area contributed by atoms with Gasteiger partial charge in [-0.2, -0.15) is 0 Å². The zero-order valence-electron chi connectivity index (χ0n) is 9.60. The lowest BCUT2D eigenvalue weighted by molar-refractivity contribution is -0.121. The van der Waals surface area contributed by atoms with Gasteiger partial charge in [-0.15, -0.1) is 0 Å². The molecule has 0 saturated carbocycles. The molecule has 0 unspecified atom stereocenters. The van der Waals surface area contributed by atoms with Crippen LogP contribution in [0.15, 0.2) is 22.7 Å². The van der Waals surface area contributed by atoms with Crippen molar-refractivity contribution < 1.29 is 19.1 Å². The Kier molecular flexibility index (Phi) is 3.47. The third-order valence-electron chi connectivity index (χ3n) is 2.65. The summed E-state index contributed by atoms with van der Waals surface area (Å²) < 4.78 is 5.25. The van der Waals surface area contributed by atoms with Crippen molar-refractivity contribution in [1.29, 1.82) is 0 Å². The minimum atomic E-state index is -0.543. The van der Waals surface area contributed by atoms with Crippen molar-refractivity contribution in [2.75, 3.05) is 18.6 Å². The summed E-state index contributed by atoms with van der Waals surface area (Å²) in [5, 5.41) is 0. The fourth-order valence-corrected chi connectivity index (χ4v) is 2.43. The summed E-state index contributed by atoms with van der Waals surface area (Å²) in [5.74, 6) is -1.01. The Morgan fingerprint density at radius 3 is 2.67 bits per heavy atom. The SMILES string of the molecule is COC(=O)c1cccc(Br)c1N1CC(=O)CC1=O. The maximum absolute atomic E-state index is 11.7. The minimum absolute atomic E-state index is 0.00849. The van der Waals surface area contributed by atoms with Gasteiger partial charge >= 0.3 is 5.97 Å². The Labute approximate surface area is 112 Å². The van der Waals surface area contributed by atoms with Gasteiger partial charge in [0, 0.05) is 4.47 Å². The maximum Gasteiger partial charge on any atom is 0.340 e. The number of hydrogen-bond acceptors (Lipinski definition) is 4. The van der Waals surface area contributed by atoms with E-state index in [-0.39, 0.29) is 30.2 Å². The molecular formula is C12H10BrNO4. The lowest BCUT2D eigenvalue weighted by Crippen LogP contribution is -2.27. The van der Waals surface area contributed by atoms with Crippen molar-refractivity contribution in [2.24, 2.45) is 0 Å². The van der Waals surface area contributed by atoms with E-state index in [0.29, 0.717) is 10.2 Å². The molecule has 0 spiro atoms. The molecule has 0 radical (unpaired) electrons. The fourth-order valence-electron chi connectivity index (χ4n) is 1.85. The fraction of sp³-hybridized carbons (Fsp3) is 0.250. The Hall–Kier alpha value is -1.69. The van der Waals surface area contributed by atoms with Crippen LogP contribution < -0.4 is 4.90 Å². The van der Waals surface area contributed by atoms with Crippen molar-refractivity contribution in [1.82, 2.24) is 0 Å². The van der Waals surface area contributed by atoms with Gasteiger partial charge < -0.3 is 9.64 Å². The van der Waals surface area contributed by atoms with Crippen LogP contribution in [0.25, 0.3) is 0 Å². The van der Waals surface area contributed by atoms with E-state index in [4.69, 9.17) is 0 Å². The molecule has 1 aromatic rings. The standard InChI is InChI=1S/C12H10BrNO4/c1-18-12(17)8-3-2-4-9(13)11(8)14-6-7(15)5-10(14)16/h2-4H,5-6H2,1H3. The highest BCUT2D eigenvalue weighted by atomic mass is 79.9. The van der Waals surface area contributed by atoms with Crippen LogP contribution in [0.2, 0.25) is 0 Å². The molecule has 1 aromatic carbocycles. The summed E-state index contributed by atoms with van der Waals surface area (Å²) >= 11 is 3.29. The van der Waals surface area contributed by atoms with Gasteiger partial charge in [-0.3, -0.25) is 9.59 Å². The smallest absolute Gasteiger partial charge is 0.340 e. The van der Waals surface area contributed by atoms with Crippen molar-refractivity contribution in [3.05, 3.63) is 28.2 Å². The number of nitrogens with zero attached hydrogens (tertiary/aromatic N) is 1. The van der Waals surface area contributed by atoms with E-state index < -0.39 is 5.97 Å². The monoisotopic (exact) mass is 311 g/mol. The highest BCUT2D eigenvalue weighted by molar-refractivity contribution is 9.10. The van der Waals surface area contributed by atoms with Crippen LogP contribution in [0.1, 0.15) is 16.8 Å². The van der Waals surface area contributed by atoms with E-state index in [1.807, 2.05) is 0 Å². The van der Waals surface area contributed by atoms with Gasteiger partial charge in [0.2, 0.25) is 5.91 Å². The molecule has 1 heterocycles. The highest BCUT2D eigenvalue weighted by Gasteiger charge is 2.32. The minimum Gasteiger partial charge on any atom is -0.465 e. The van der Waals surface area contributed by atoms with E-state index in [1.165, 1.54) is 12.0 Å². The van der Waals surface area contributed by atoms with Crippen molar-refractivity contribution in [2.45, 2.75) is 6.42 Å². The largest absolute Gasteiger partial charge is 0.465 e. The van der Waals surface area contributed by atoms with Gasteiger partial charge in [0.25, 0.3) is 0 Å². The summed E-state index contributed by atoms with van der Waals surface area (Å²) in [4.78, 5) is 36.0. The molecule has 0 atom stereocenters. The first-order valence-electron chi connectivity index (χ1n) is 5.23. The topological polar surface area (TPSA) is 63.7 Å². The maximum atomic E-state index is 11.7. The molecule has 2 rings (SSSR count). The van der Waals surface area contributed by atoms with Crippen LogP contribution in [0, 0.1) is 0 Å². The second-order valence-corrected chi connectivity index (χ2v) is 4.68. The zero-order chi connectivity index (χ0) is 13.3. The Balaban J connectivity index is 2.52. The summed E-state index contributed by atoms with van der Waals surface area (Å²) in [6.45, 7) is -0.00849. The normalized spacial score (nSPS) is 15.1. The van der Waals surface area contributed by atoms with Crippen molar-refractivity contribution in [3.63, 3.8) is 0 Å². The molecule has 0 aromatic heterocycles. The molecule has 1 aliphatic heterocycles. The van der Waals surface area contributed by atoms with E-state index >= 15 is 0 Å². The van der Waals surface area contributed by atoms with E-state index in [0.717, 1.165) is 0 Å². The second-order valence-electron chi connectivity index (χ2n) is 3.82. The number of ether oxygens (including phenoxy) is 1. The molecule has 1 saturated heterocycles. The number of benzene rings is 1. The summed E-state index contributed by atoms with van der Waals surface area (Å²) in [6, 6.07) is 4.93. The third-order valence-corrected chi connectivity index (χ3v) is 3.29.